The topological polar surface area (TPSA) is 71.5 Å². The molecule has 6 heteroatoms. The van der Waals surface area contributed by atoms with Crippen molar-refractivity contribution in [2.45, 2.75) is 25.7 Å². The molecule has 6 nitrogen and oxygen atoms in total. The number of nitrogens with one attached hydrogen (secondary N) is 1. The van der Waals surface area contributed by atoms with Crippen LogP contribution in [0.3, 0.4) is 0 Å². The number of aromatic nitrogens is 1. The average Bonchev–Trinajstić information content (AvgIpc) is 2.77. The van der Waals surface area contributed by atoms with Gasteiger partial charge in [-0.05, 0) is 43.2 Å². The van der Waals surface area contributed by atoms with Crippen LogP contribution in [0.5, 0.6) is 0 Å². The van der Waals surface area contributed by atoms with E-state index in [0.717, 1.165) is 38.8 Å². The summed E-state index contributed by atoms with van der Waals surface area (Å²) in [6, 6.07) is 12.1. The number of methoxy groups -OCH3 is 1. The maximum atomic E-state index is 12.9. The number of carbonyl (C=O) groups is 2. The van der Waals surface area contributed by atoms with Crippen molar-refractivity contribution in [2.24, 2.45) is 5.92 Å². The van der Waals surface area contributed by atoms with Crippen LogP contribution >= 0.6 is 0 Å². The highest BCUT2D eigenvalue weighted by Crippen LogP contribution is 2.23. The summed E-state index contributed by atoms with van der Waals surface area (Å²) in [5.41, 5.74) is 2.23. The number of hydrogen-bond donors (Lipinski definition) is 1. The standard InChI is InChI=1S/C23H29N3O3/c1-29-13-5-10-25-22(27)20-15-21(17-24-16-20)23(28)26-11-8-19(9-12-26)14-18-6-3-2-4-7-18/h2-4,6-7,15-17,19H,5,8-14H2,1H3,(H,25,27). The van der Waals surface area contributed by atoms with Gasteiger partial charge in [-0.3, -0.25) is 14.6 Å². The minimum Gasteiger partial charge on any atom is -0.385 e. The number of piperidine rings is 1. The molecule has 2 heterocycles. The van der Waals surface area contributed by atoms with Crippen LogP contribution in [0.1, 0.15) is 45.5 Å². The lowest BCUT2D eigenvalue weighted by molar-refractivity contribution is 0.0690. The quantitative estimate of drug-likeness (QED) is 0.698. The van der Waals surface area contributed by atoms with Gasteiger partial charge in [-0.15, -0.1) is 0 Å². The van der Waals surface area contributed by atoms with Crippen molar-refractivity contribution in [3.63, 3.8) is 0 Å². The first-order valence-corrected chi connectivity index (χ1v) is 10.2. The minimum atomic E-state index is -0.218. The Kier molecular flexibility index (Phi) is 7.76. The van der Waals surface area contributed by atoms with Crippen molar-refractivity contribution >= 4 is 11.8 Å². The van der Waals surface area contributed by atoms with Gasteiger partial charge in [-0.2, -0.15) is 0 Å². The van der Waals surface area contributed by atoms with Crippen LogP contribution in [0, 0.1) is 5.92 Å². The number of pyridine rings is 1. The summed E-state index contributed by atoms with van der Waals surface area (Å²) in [5.74, 6) is 0.332. The van der Waals surface area contributed by atoms with Crippen LogP contribution in [0.2, 0.25) is 0 Å². The largest absolute Gasteiger partial charge is 0.385 e. The van der Waals surface area contributed by atoms with Crippen LogP contribution in [0.4, 0.5) is 0 Å². The van der Waals surface area contributed by atoms with Crippen molar-refractivity contribution < 1.29 is 14.3 Å². The van der Waals surface area contributed by atoms with Crippen LogP contribution in [-0.4, -0.2) is 55.0 Å². The van der Waals surface area contributed by atoms with E-state index in [4.69, 9.17) is 4.74 Å². The fourth-order valence-corrected chi connectivity index (χ4v) is 3.67. The van der Waals surface area contributed by atoms with Crippen molar-refractivity contribution in [1.82, 2.24) is 15.2 Å². The molecule has 2 aromatic rings. The third-order valence-corrected chi connectivity index (χ3v) is 5.33. The van der Waals surface area contributed by atoms with Gasteiger partial charge >= 0.3 is 0 Å². The molecule has 0 aliphatic carbocycles. The summed E-state index contributed by atoms with van der Waals surface area (Å²) in [4.78, 5) is 31.1. The Balaban J connectivity index is 1.52. The number of benzene rings is 1. The molecule has 154 valence electrons. The maximum absolute atomic E-state index is 12.9. The zero-order valence-corrected chi connectivity index (χ0v) is 17.0. The number of nitrogens with zero attached hydrogens (tertiary/aromatic N) is 2. The van der Waals surface area contributed by atoms with Crippen LogP contribution in [0.15, 0.2) is 48.8 Å². The van der Waals surface area contributed by atoms with Gasteiger partial charge < -0.3 is 15.0 Å². The summed E-state index contributed by atoms with van der Waals surface area (Å²) in [5, 5.41) is 2.82. The predicted molar refractivity (Wildman–Crippen MR) is 112 cm³/mol. The first-order chi connectivity index (χ1) is 14.2. The zero-order valence-electron chi connectivity index (χ0n) is 17.0. The molecule has 0 unspecified atom stereocenters. The van der Waals surface area contributed by atoms with E-state index in [-0.39, 0.29) is 11.8 Å². The van der Waals surface area contributed by atoms with Crippen LogP contribution in [0.25, 0.3) is 0 Å². The molecule has 3 rings (SSSR count). The Morgan fingerprint density at radius 1 is 1.14 bits per heavy atom. The molecule has 0 radical (unpaired) electrons. The van der Waals surface area contributed by atoms with Gasteiger partial charge in [0.2, 0.25) is 0 Å². The van der Waals surface area contributed by atoms with Crippen molar-refractivity contribution in [1.29, 1.82) is 0 Å². The second kappa shape index (κ2) is 10.7. The number of likely N-dealkylation sites (tertiary alicyclic amines) is 1. The second-order valence-electron chi connectivity index (χ2n) is 7.49. The first-order valence-electron chi connectivity index (χ1n) is 10.2. The van der Waals surface area contributed by atoms with E-state index in [1.807, 2.05) is 11.0 Å². The lowest BCUT2D eigenvalue weighted by Crippen LogP contribution is -2.39. The summed E-state index contributed by atoms with van der Waals surface area (Å²) in [6.07, 6.45) is 6.82. The van der Waals surface area contributed by atoms with Crippen molar-refractivity contribution in [3.8, 4) is 0 Å². The molecule has 0 bridgehead atoms. The van der Waals surface area contributed by atoms with Crippen LogP contribution in [-0.2, 0) is 11.2 Å². The molecule has 1 saturated heterocycles. The Labute approximate surface area is 172 Å². The van der Waals surface area contributed by atoms with Gasteiger partial charge in [-0.1, -0.05) is 30.3 Å². The Morgan fingerprint density at radius 2 is 1.86 bits per heavy atom. The van der Waals surface area contributed by atoms with E-state index in [0.29, 0.717) is 30.2 Å². The summed E-state index contributed by atoms with van der Waals surface area (Å²) < 4.78 is 4.97. The van der Waals surface area contributed by atoms with E-state index < -0.39 is 0 Å². The van der Waals surface area contributed by atoms with Gasteiger partial charge in [0, 0.05) is 45.7 Å². The molecule has 1 aromatic heterocycles. The van der Waals surface area contributed by atoms with E-state index in [2.05, 4.69) is 34.6 Å². The monoisotopic (exact) mass is 395 g/mol. The van der Waals surface area contributed by atoms with Crippen molar-refractivity contribution in [2.75, 3.05) is 33.4 Å². The molecule has 1 fully saturated rings. The molecule has 2 amide bonds. The Bertz CT molecular complexity index is 802. The molecule has 1 aliphatic heterocycles. The molecule has 1 N–H and O–H groups in total. The van der Waals surface area contributed by atoms with Gasteiger partial charge in [0.05, 0.1) is 11.1 Å². The van der Waals surface area contributed by atoms with E-state index >= 15 is 0 Å². The Hall–Kier alpha value is -2.73. The predicted octanol–water partition coefficient (Wildman–Crippen LogP) is 2.94. The van der Waals surface area contributed by atoms with E-state index in [9.17, 15) is 9.59 Å². The fraction of sp³-hybridized carbons (Fsp3) is 0.435. The highest BCUT2D eigenvalue weighted by atomic mass is 16.5. The molecule has 0 atom stereocenters. The smallest absolute Gasteiger partial charge is 0.255 e. The molecule has 1 aromatic carbocycles. The number of ether oxygens (including phenoxy) is 1. The number of rotatable bonds is 8. The normalized spacial score (nSPS) is 14.6. The molecular formula is C23H29N3O3. The van der Waals surface area contributed by atoms with Crippen molar-refractivity contribution in [3.05, 3.63) is 65.5 Å². The molecule has 29 heavy (non-hydrogen) atoms. The SMILES string of the molecule is COCCCNC(=O)c1cncc(C(=O)N2CCC(Cc3ccccc3)CC2)c1. The molecule has 1 aliphatic rings. The minimum absolute atomic E-state index is 0.0512. The Morgan fingerprint density at radius 3 is 2.59 bits per heavy atom. The van der Waals surface area contributed by atoms with E-state index in [1.165, 1.54) is 11.8 Å². The van der Waals surface area contributed by atoms with Gasteiger partial charge in [-0.25, -0.2) is 0 Å². The third kappa shape index (κ3) is 6.12. The zero-order chi connectivity index (χ0) is 20.5. The lowest BCUT2D eigenvalue weighted by Gasteiger charge is -2.32. The van der Waals surface area contributed by atoms with E-state index in [1.54, 1.807) is 19.4 Å². The number of amides is 2. The summed E-state index contributed by atoms with van der Waals surface area (Å²) >= 11 is 0. The van der Waals surface area contributed by atoms with Gasteiger partial charge in [0.15, 0.2) is 0 Å². The third-order valence-electron chi connectivity index (χ3n) is 5.33. The fourth-order valence-electron chi connectivity index (χ4n) is 3.67. The number of carbonyl (C=O) groups excluding carboxylic acids is 2. The molecule has 0 spiro atoms. The van der Waals surface area contributed by atoms with Gasteiger partial charge in [0.1, 0.15) is 0 Å². The first kappa shape index (κ1) is 21.0. The van der Waals surface area contributed by atoms with Gasteiger partial charge in [0.25, 0.3) is 11.8 Å². The average molecular weight is 396 g/mol. The van der Waals surface area contributed by atoms with Crippen LogP contribution < -0.4 is 5.32 Å². The highest BCUT2D eigenvalue weighted by molar-refractivity contribution is 5.99. The second-order valence-corrected chi connectivity index (χ2v) is 7.49. The summed E-state index contributed by atoms with van der Waals surface area (Å²) in [7, 11) is 1.63. The molecule has 0 saturated carbocycles. The highest BCUT2D eigenvalue weighted by Gasteiger charge is 2.24. The maximum Gasteiger partial charge on any atom is 0.255 e. The lowest BCUT2D eigenvalue weighted by atomic mass is 9.90. The molecular weight excluding hydrogens is 366 g/mol. The summed E-state index contributed by atoms with van der Waals surface area (Å²) in [6.45, 7) is 2.60. The number of hydrogen-bond acceptors (Lipinski definition) is 4.